The molecule has 1 fully saturated rings. The molecule has 1 aliphatic heterocycles. The van der Waals surface area contributed by atoms with Crippen molar-refractivity contribution in [1.29, 1.82) is 0 Å². The van der Waals surface area contributed by atoms with Gasteiger partial charge < -0.3 is 19.7 Å². The van der Waals surface area contributed by atoms with Crippen LogP contribution in [-0.2, 0) is 13.1 Å². The maximum Gasteiger partial charge on any atom is 0.317 e. The SMILES string of the molecule is CCn1c(=O)c(N2CCN(C(=O)NCc3ccc(C)cc3)CC2)nc2ccccc21. The summed E-state index contributed by atoms with van der Waals surface area (Å²) in [7, 11) is 0. The van der Waals surface area contributed by atoms with E-state index in [0.29, 0.717) is 45.1 Å². The number of nitrogens with one attached hydrogen (secondary N) is 1. The number of rotatable bonds is 4. The van der Waals surface area contributed by atoms with Crippen LogP contribution in [0.25, 0.3) is 11.0 Å². The molecule has 0 atom stereocenters. The summed E-state index contributed by atoms with van der Waals surface area (Å²) in [5, 5.41) is 2.98. The fourth-order valence-electron chi connectivity index (χ4n) is 3.82. The van der Waals surface area contributed by atoms with Crippen LogP contribution in [-0.4, -0.2) is 46.7 Å². The first-order valence-corrected chi connectivity index (χ1v) is 10.4. The molecule has 2 amide bonds. The van der Waals surface area contributed by atoms with Crippen molar-refractivity contribution in [2.75, 3.05) is 31.1 Å². The van der Waals surface area contributed by atoms with Gasteiger partial charge in [0.25, 0.3) is 5.56 Å². The zero-order valence-electron chi connectivity index (χ0n) is 17.5. The Kier molecular flexibility index (Phi) is 5.70. The molecule has 0 unspecified atom stereocenters. The number of amides is 2. The Morgan fingerprint density at radius 2 is 1.73 bits per heavy atom. The number of urea groups is 1. The van der Waals surface area contributed by atoms with E-state index in [9.17, 15) is 9.59 Å². The normalized spacial score (nSPS) is 14.2. The molecule has 7 nitrogen and oxygen atoms in total. The Morgan fingerprint density at radius 1 is 1.03 bits per heavy atom. The van der Waals surface area contributed by atoms with Crippen molar-refractivity contribution in [2.24, 2.45) is 0 Å². The van der Waals surface area contributed by atoms with Crippen LogP contribution in [0.3, 0.4) is 0 Å². The molecular formula is C23H27N5O2. The summed E-state index contributed by atoms with van der Waals surface area (Å²) in [4.78, 5) is 33.9. The summed E-state index contributed by atoms with van der Waals surface area (Å²) >= 11 is 0. The van der Waals surface area contributed by atoms with E-state index in [1.54, 1.807) is 9.47 Å². The Morgan fingerprint density at radius 3 is 2.43 bits per heavy atom. The van der Waals surface area contributed by atoms with E-state index >= 15 is 0 Å². The molecule has 0 radical (unpaired) electrons. The van der Waals surface area contributed by atoms with Gasteiger partial charge >= 0.3 is 6.03 Å². The number of para-hydroxylation sites is 2. The van der Waals surface area contributed by atoms with E-state index in [1.807, 2.05) is 67.3 Å². The molecule has 3 aromatic rings. The molecule has 0 spiro atoms. The number of carbonyl (C=O) groups excluding carboxylic acids is 1. The van der Waals surface area contributed by atoms with Crippen molar-refractivity contribution in [3.05, 3.63) is 70.0 Å². The van der Waals surface area contributed by atoms with Gasteiger partial charge in [0.05, 0.1) is 11.0 Å². The van der Waals surface area contributed by atoms with Gasteiger partial charge in [-0.3, -0.25) is 4.79 Å². The van der Waals surface area contributed by atoms with E-state index in [1.165, 1.54) is 5.56 Å². The van der Waals surface area contributed by atoms with Crippen molar-refractivity contribution >= 4 is 22.9 Å². The van der Waals surface area contributed by atoms with E-state index in [-0.39, 0.29) is 11.6 Å². The van der Waals surface area contributed by atoms with Gasteiger partial charge in [-0.2, -0.15) is 0 Å². The minimum Gasteiger partial charge on any atom is -0.348 e. The average Bonchev–Trinajstić information content (AvgIpc) is 2.78. The first-order chi connectivity index (χ1) is 14.6. The van der Waals surface area contributed by atoms with Crippen LogP contribution in [0.4, 0.5) is 10.6 Å². The van der Waals surface area contributed by atoms with Gasteiger partial charge in [0.1, 0.15) is 0 Å². The second-order valence-electron chi connectivity index (χ2n) is 7.59. The highest BCUT2D eigenvalue weighted by atomic mass is 16.2. The summed E-state index contributed by atoms with van der Waals surface area (Å²) in [6, 6.07) is 15.8. The van der Waals surface area contributed by atoms with Gasteiger partial charge in [-0.05, 0) is 31.5 Å². The average molecular weight is 406 g/mol. The maximum atomic E-state index is 13.0. The van der Waals surface area contributed by atoms with E-state index in [4.69, 9.17) is 0 Å². The molecule has 0 bridgehead atoms. The summed E-state index contributed by atoms with van der Waals surface area (Å²) in [6.07, 6.45) is 0. The quantitative estimate of drug-likeness (QED) is 0.725. The maximum absolute atomic E-state index is 13.0. The lowest BCUT2D eigenvalue weighted by molar-refractivity contribution is 0.193. The molecular weight excluding hydrogens is 378 g/mol. The zero-order valence-corrected chi connectivity index (χ0v) is 17.5. The van der Waals surface area contributed by atoms with Crippen molar-refractivity contribution < 1.29 is 4.79 Å². The molecule has 30 heavy (non-hydrogen) atoms. The second-order valence-corrected chi connectivity index (χ2v) is 7.59. The lowest BCUT2D eigenvalue weighted by atomic mass is 10.1. The first-order valence-electron chi connectivity index (χ1n) is 10.4. The van der Waals surface area contributed by atoms with Gasteiger partial charge in [0.15, 0.2) is 5.82 Å². The molecule has 0 saturated carbocycles. The zero-order chi connectivity index (χ0) is 21.1. The lowest BCUT2D eigenvalue weighted by Gasteiger charge is -2.35. The smallest absolute Gasteiger partial charge is 0.317 e. The molecule has 2 heterocycles. The Bertz CT molecular complexity index is 1100. The standard InChI is InChI=1S/C23H27N5O2/c1-3-28-20-7-5-4-6-19(20)25-21(22(28)29)26-12-14-27(15-13-26)23(30)24-16-18-10-8-17(2)9-11-18/h4-11H,3,12-16H2,1-2H3,(H,24,30). The monoisotopic (exact) mass is 405 g/mol. The van der Waals surface area contributed by atoms with Crippen LogP contribution < -0.4 is 15.8 Å². The lowest BCUT2D eigenvalue weighted by Crippen LogP contribution is -2.53. The van der Waals surface area contributed by atoms with Gasteiger partial charge in [0.2, 0.25) is 0 Å². The third-order valence-electron chi connectivity index (χ3n) is 5.58. The van der Waals surface area contributed by atoms with Crippen LogP contribution >= 0.6 is 0 Å². The summed E-state index contributed by atoms with van der Waals surface area (Å²) in [5.41, 5.74) is 3.86. The predicted octanol–water partition coefficient (Wildman–Crippen LogP) is 2.76. The molecule has 1 aromatic heterocycles. The number of hydrogen-bond donors (Lipinski definition) is 1. The van der Waals surface area contributed by atoms with Crippen molar-refractivity contribution in [3.8, 4) is 0 Å². The van der Waals surface area contributed by atoms with Crippen LogP contribution in [0.5, 0.6) is 0 Å². The summed E-state index contributed by atoms with van der Waals surface area (Å²) < 4.78 is 1.76. The molecule has 2 aromatic carbocycles. The first kappa shape index (κ1) is 19.9. The number of fused-ring (bicyclic) bond motifs is 1. The number of anilines is 1. The van der Waals surface area contributed by atoms with E-state index in [2.05, 4.69) is 10.3 Å². The molecule has 156 valence electrons. The number of carbonyl (C=O) groups is 1. The minimum absolute atomic E-state index is 0.0755. The molecule has 1 aliphatic rings. The number of aryl methyl sites for hydroxylation is 2. The molecule has 0 aliphatic carbocycles. The van der Waals surface area contributed by atoms with Crippen LogP contribution in [0.1, 0.15) is 18.1 Å². The Labute approximate surface area is 175 Å². The second kappa shape index (κ2) is 8.57. The molecule has 7 heteroatoms. The molecule has 1 saturated heterocycles. The van der Waals surface area contributed by atoms with E-state index in [0.717, 1.165) is 16.6 Å². The van der Waals surface area contributed by atoms with Crippen LogP contribution in [0.2, 0.25) is 0 Å². The van der Waals surface area contributed by atoms with Crippen molar-refractivity contribution in [3.63, 3.8) is 0 Å². The third kappa shape index (κ3) is 4.01. The Balaban J connectivity index is 1.42. The van der Waals surface area contributed by atoms with Gasteiger partial charge in [0, 0.05) is 39.3 Å². The predicted molar refractivity (Wildman–Crippen MR) is 119 cm³/mol. The highest BCUT2D eigenvalue weighted by molar-refractivity contribution is 5.77. The van der Waals surface area contributed by atoms with Gasteiger partial charge in [-0.25, -0.2) is 9.78 Å². The number of benzene rings is 2. The summed E-state index contributed by atoms with van der Waals surface area (Å²) in [5.74, 6) is 0.468. The van der Waals surface area contributed by atoms with Crippen molar-refractivity contribution in [2.45, 2.75) is 26.9 Å². The minimum atomic E-state index is -0.0762. The molecule has 1 N–H and O–H groups in total. The van der Waals surface area contributed by atoms with Crippen molar-refractivity contribution in [1.82, 2.24) is 19.8 Å². The third-order valence-corrected chi connectivity index (χ3v) is 5.58. The fraction of sp³-hybridized carbons (Fsp3) is 0.348. The van der Waals surface area contributed by atoms with E-state index < -0.39 is 0 Å². The Hall–Kier alpha value is -3.35. The fourth-order valence-corrected chi connectivity index (χ4v) is 3.82. The van der Waals surface area contributed by atoms with Gasteiger partial charge in [-0.15, -0.1) is 0 Å². The highest BCUT2D eigenvalue weighted by Crippen LogP contribution is 2.16. The largest absolute Gasteiger partial charge is 0.348 e. The number of piperazine rings is 1. The van der Waals surface area contributed by atoms with Crippen LogP contribution in [0.15, 0.2) is 53.3 Å². The highest BCUT2D eigenvalue weighted by Gasteiger charge is 2.24. The summed E-state index contributed by atoms with van der Waals surface area (Å²) in [6.45, 7) is 7.39. The van der Waals surface area contributed by atoms with Crippen LogP contribution in [0, 0.1) is 6.92 Å². The number of nitrogens with zero attached hydrogens (tertiary/aromatic N) is 4. The topological polar surface area (TPSA) is 70.5 Å². The number of aromatic nitrogens is 2. The van der Waals surface area contributed by atoms with Gasteiger partial charge in [-0.1, -0.05) is 42.0 Å². The molecule has 4 rings (SSSR count). The number of hydrogen-bond acceptors (Lipinski definition) is 4.